The number of amides is 2. The minimum Gasteiger partial charge on any atom is -0.406 e. The Morgan fingerprint density at radius 1 is 1.00 bits per heavy atom. The summed E-state index contributed by atoms with van der Waals surface area (Å²) >= 11 is 0. The van der Waals surface area contributed by atoms with Crippen LogP contribution in [0.3, 0.4) is 0 Å². The van der Waals surface area contributed by atoms with E-state index in [0.29, 0.717) is 36.3 Å². The van der Waals surface area contributed by atoms with Crippen LogP contribution in [0.1, 0.15) is 12.0 Å². The molecule has 1 aliphatic rings. The van der Waals surface area contributed by atoms with Gasteiger partial charge in [0.05, 0.1) is 0 Å². The van der Waals surface area contributed by atoms with Crippen molar-refractivity contribution < 1.29 is 27.5 Å². The van der Waals surface area contributed by atoms with E-state index < -0.39 is 6.36 Å². The van der Waals surface area contributed by atoms with Gasteiger partial charge in [-0.3, -0.25) is 14.5 Å². The van der Waals surface area contributed by atoms with Gasteiger partial charge in [0.1, 0.15) is 12.3 Å². The number of nitrogens with two attached hydrogens (primary N) is 1. The molecule has 6 nitrogen and oxygen atoms in total. The SMILES string of the molecule is NC1CCN(C(=O)CN(C(=O)/C=C/c2ccccc2)c2ccc(-c3cccc(OC(F)(F)F)c3)cc2)C1. The Labute approximate surface area is 212 Å². The Kier molecular flexibility index (Phi) is 7.93. The first-order valence-electron chi connectivity index (χ1n) is 11.7. The van der Waals surface area contributed by atoms with Crippen molar-refractivity contribution in [2.75, 3.05) is 24.5 Å². The molecule has 2 N–H and O–H groups in total. The van der Waals surface area contributed by atoms with Crippen LogP contribution in [0.2, 0.25) is 0 Å². The maximum Gasteiger partial charge on any atom is 0.573 e. The summed E-state index contributed by atoms with van der Waals surface area (Å²) in [6.07, 6.45) is -1.00. The summed E-state index contributed by atoms with van der Waals surface area (Å²) in [7, 11) is 0. The van der Waals surface area contributed by atoms with Gasteiger partial charge in [0.15, 0.2) is 0 Å². The van der Waals surface area contributed by atoms with E-state index in [0.717, 1.165) is 5.56 Å². The first kappa shape index (κ1) is 26.0. The lowest BCUT2D eigenvalue weighted by Gasteiger charge is -2.24. The van der Waals surface area contributed by atoms with Crippen LogP contribution in [-0.4, -0.2) is 48.8 Å². The highest BCUT2D eigenvalue weighted by Crippen LogP contribution is 2.29. The van der Waals surface area contributed by atoms with Crippen LogP contribution in [0, 0.1) is 0 Å². The second-order valence-electron chi connectivity index (χ2n) is 8.68. The Morgan fingerprint density at radius 3 is 2.38 bits per heavy atom. The molecule has 1 unspecified atom stereocenters. The first-order chi connectivity index (χ1) is 17.7. The smallest absolute Gasteiger partial charge is 0.406 e. The van der Waals surface area contributed by atoms with Crippen molar-refractivity contribution in [3.63, 3.8) is 0 Å². The summed E-state index contributed by atoms with van der Waals surface area (Å²) in [4.78, 5) is 29.1. The summed E-state index contributed by atoms with van der Waals surface area (Å²) in [5, 5.41) is 0. The second kappa shape index (κ2) is 11.3. The maximum atomic E-state index is 13.2. The van der Waals surface area contributed by atoms with Gasteiger partial charge in [-0.2, -0.15) is 0 Å². The van der Waals surface area contributed by atoms with E-state index >= 15 is 0 Å². The molecule has 0 bridgehead atoms. The predicted octanol–water partition coefficient (Wildman–Crippen LogP) is 4.86. The van der Waals surface area contributed by atoms with Crippen molar-refractivity contribution in [1.82, 2.24) is 4.90 Å². The highest BCUT2D eigenvalue weighted by atomic mass is 19.4. The van der Waals surface area contributed by atoms with Crippen LogP contribution in [0.5, 0.6) is 5.75 Å². The summed E-state index contributed by atoms with van der Waals surface area (Å²) < 4.78 is 41.8. The van der Waals surface area contributed by atoms with Crippen LogP contribution in [0.15, 0.2) is 84.9 Å². The number of benzene rings is 3. The number of ether oxygens (including phenoxy) is 1. The fourth-order valence-corrected chi connectivity index (χ4v) is 4.07. The van der Waals surface area contributed by atoms with Gasteiger partial charge in [0.2, 0.25) is 5.91 Å². The third-order valence-electron chi connectivity index (χ3n) is 5.93. The molecular formula is C28H26F3N3O3. The summed E-state index contributed by atoms with van der Waals surface area (Å²) in [6.45, 7) is 0.812. The number of likely N-dealkylation sites (tertiary alicyclic amines) is 1. The van der Waals surface area contributed by atoms with Crippen LogP contribution >= 0.6 is 0 Å². The highest BCUT2D eigenvalue weighted by molar-refractivity contribution is 6.06. The molecule has 37 heavy (non-hydrogen) atoms. The lowest BCUT2D eigenvalue weighted by Crippen LogP contribution is -2.42. The summed E-state index contributed by atoms with van der Waals surface area (Å²) in [6, 6.07) is 21.5. The number of nitrogens with zero attached hydrogens (tertiary/aromatic N) is 2. The number of rotatable bonds is 7. The van der Waals surface area contributed by atoms with E-state index in [-0.39, 0.29) is 30.2 Å². The molecule has 0 spiro atoms. The largest absolute Gasteiger partial charge is 0.573 e. The Morgan fingerprint density at radius 2 is 1.73 bits per heavy atom. The van der Waals surface area contributed by atoms with Crippen molar-refractivity contribution in [2.24, 2.45) is 5.73 Å². The molecule has 1 saturated heterocycles. The van der Waals surface area contributed by atoms with Crippen LogP contribution in [-0.2, 0) is 9.59 Å². The van der Waals surface area contributed by atoms with Crippen LogP contribution < -0.4 is 15.4 Å². The van der Waals surface area contributed by atoms with Crippen molar-refractivity contribution in [1.29, 1.82) is 0 Å². The molecule has 9 heteroatoms. The van der Waals surface area contributed by atoms with E-state index in [1.807, 2.05) is 30.3 Å². The molecule has 4 rings (SSSR count). The lowest BCUT2D eigenvalue weighted by molar-refractivity contribution is -0.274. The van der Waals surface area contributed by atoms with E-state index in [4.69, 9.17) is 5.73 Å². The number of halogens is 3. The van der Waals surface area contributed by atoms with E-state index in [1.54, 1.807) is 41.3 Å². The van der Waals surface area contributed by atoms with Gasteiger partial charge >= 0.3 is 6.36 Å². The zero-order chi connectivity index (χ0) is 26.4. The average molecular weight is 510 g/mol. The molecule has 2 amide bonds. The fourth-order valence-electron chi connectivity index (χ4n) is 4.07. The number of hydrogen-bond acceptors (Lipinski definition) is 4. The van der Waals surface area contributed by atoms with Crippen LogP contribution in [0.4, 0.5) is 18.9 Å². The molecule has 1 atom stereocenters. The zero-order valence-corrected chi connectivity index (χ0v) is 19.9. The van der Waals surface area contributed by atoms with Gasteiger partial charge < -0.3 is 15.4 Å². The van der Waals surface area contributed by atoms with Gasteiger partial charge in [-0.05, 0) is 53.5 Å². The van der Waals surface area contributed by atoms with Gasteiger partial charge in [-0.1, -0.05) is 54.6 Å². The number of carbonyl (C=O) groups excluding carboxylic acids is 2. The minimum atomic E-state index is -4.79. The third-order valence-corrected chi connectivity index (χ3v) is 5.93. The summed E-state index contributed by atoms with van der Waals surface area (Å²) in [5.74, 6) is -0.921. The average Bonchev–Trinajstić information content (AvgIpc) is 3.32. The van der Waals surface area contributed by atoms with Gasteiger partial charge in [-0.25, -0.2) is 0 Å². The molecule has 0 aliphatic carbocycles. The molecular weight excluding hydrogens is 483 g/mol. The van der Waals surface area contributed by atoms with Crippen LogP contribution in [0.25, 0.3) is 17.2 Å². The van der Waals surface area contributed by atoms with Crippen molar-refractivity contribution >= 4 is 23.6 Å². The second-order valence-corrected chi connectivity index (χ2v) is 8.68. The molecule has 0 radical (unpaired) electrons. The zero-order valence-electron chi connectivity index (χ0n) is 19.9. The first-order valence-corrected chi connectivity index (χ1v) is 11.7. The van der Waals surface area contributed by atoms with E-state index in [1.165, 1.54) is 29.2 Å². The number of hydrogen-bond donors (Lipinski definition) is 1. The maximum absolute atomic E-state index is 13.2. The number of alkyl halides is 3. The summed E-state index contributed by atoms with van der Waals surface area (Å²) in [5.41, 5.74) is 8.39. The Hall–Kier alpha value is -4.11. The van der Waals surface area contributed by atoms with Gasteiger partial charge in [0.25, 0.3) is 5.91 Å². The van der Waals surface area contributed by atoms with Crippen molar-refractivity contribution in [3.8, 4) is 16.9 Å². The molecule has 1 aliphatic heterocycles. The minimum absolute atomic E-state index is 0.0811. The quantitative estimate of drug-likeness (QED) is 0.462. The van der Waals surface area contributed by atoms with Gasteiger partial charge in [-0.15, -0.1) is 13.2 Å². The fraction of sp³-hybridized carbons (Fsp3) is 0.214. The molecule has 1 fully saturated rings. The monoisotopic (exact) mass is 509 g/mol. The molecule has 1 heterocycles. The Bertz CT molecular complexity index is 1260. The molecule has 192 valence electrons. The highest BCUT2D eigenvalue weighted by Gasteiger charge is 2.31. The van der Waals surface area contributed by atoms with Gasteiger partial charge in [0, 0.05) is 30.9 Å². The number of anilines is 1. The topological polar surface area (TPSA) is 75.9 Å². The molecule has 3 aromatic carbocycles. The van der Waals surface area contributed by atoms with Crippen molar-refractivity contribution in [2.45, 2.75) is 18.8 Å². The predicted molar refractivity (Wildman–Crippen MR) is 136 cm³/mol. The standard InChI is InChI=1S/C28H26F3N3O3/c29-28(30,31)37-25-8-4-7-22(17-25)21-10-12-24(13-11-21)34(19-27(36)33-16-15-23(32)18-33)26(35)14-9-20-5-2-1-3-6-20/h1-14,17,23H,15-16,18-19,32H2/b14-9+. The Balaban J connectivity index is 1.57. The number of carbonyl (C=O) groups is 2. The molecule has 0 aromatic heterocycles. The van der Waals surface area contributed by atoms with E-state index in [9.17, 15) is 22.8 Å². The normalized spacial score (nSPS) is 15.7. The lowest BCUT2D eigenvalue weighted by atomic mass is 10.0. The van der Waals surface area contributed by atoms with E-state index in [2.05, 4.69) is 4.74 Å². The molecule has 3 aromatic rings. The molecule has 0 saturated carbocycles. The third kappa shape index (κ3) is 7.20. The van der Waals surface area contributed by atoms with Crippen molar-refractivity contribution in [3.05, 3.63) is 90.5 Å².